The molecule has 0 spiro atoms. The topological polar surface area (TPSA) is 92.7 Å². The highest BCUT2D eigenvalue weighted by Gasteiger charge is 2.61. The highest BCUT2D eigenvalue weighted by molar-refractivity contribution is 7.85. The standard InChI is InChI=1S/C21H26F2O6S/c1-11(2)17-16(5-15(22)19(18(17)23)30(25,26)27)29-21-8-13-4-14(9-21)7-20(6-13,10-21)28-12(3)24/h5,11,13-14H,4,6-10H2,1-3H3,(H,25,26,27)/p-1. The zero-order valence-electron chi connectivity index (χ0n) is 17.2. The molecule has 0 heterocycles. The van der Waals surface area contributed by atoms with Crippen LogP contribution in [0.2, 0.25) is 0 Å². The molecule has 0 amide bonds. The third-order valence-electron chi connectivity index (χ3n) is 6.64. The zero-order chi connectivity index (χ0) is 22.1. The summed E-state index contributed by atoms with van der Waals surface area (Å²) in [4.78, 5) is 10.2. The van der Waals surface area contributed by atoms with Gasteiger partial charge in [0.05, 0.1) is 0 Å². The first-order chi connectivity index (χ1) is 13.8. The van der Waals surface area contributed by atoms with Crippen LogP contribution in [0.4, 0.5) is 8.78 Å². The van der Waals surface area contributed by atoms with E-state index in [0.717, 1.165) is 25.3 Å². The summed E-state index contributed by atoms with van der Waals surface area (Å²) in [5.41, 5.74) is -1.52. The van der Waals surface area contributed by atoms with Crippen molar-refractivity contribution in [3.8, 4) is 5.75 Å². The van der Waals surface area contributed by atoms with Crippen LogP contribution in [-0.4, -0.2) is 30.1 Å². The first kappa shape index (κ1) is 21.5. The first-order valence-electron chi connectivity index (χ1n) is 10.2. The fourth-order valence-corrected chi connectivity index (χ4v) is 6.95. The van der Waals surface area contributed by atoms with Gasteiger partial charge in [-0.15, -0.1) is 0 Å². The van der Waals surface area contributed by atoms with E-state index in [9.17, 15) is 26.5 Å². The summed E-state index contributed by atoms with van der Waals surface area (Å²) < 4.78 is 75.6. The van der Waals surface area contributed by atoms with Gasteiger partial charge in [0.1, 0.15) is 37.8 Å². The minimum atomic E-state index is -5.33. The maximum Gasteiger partial charge on any atom is 0.303 e. The molecule has 9 heteroatoms. The van der Waals surface area contributed by atoms with Gasteiger partial charge in [-0.25, -0.2) is 17.2 Å². The van der Waals surface area contributed by atoms with Crippen LogP contribution in [0.3, 0.4) is 0 Å². The Balaban J connectivity index is 1.77. The van der Waals surface area contributed by atoms with Gasteiger partial charge in [-0.05, 0) is 49.9 Å². The summed E-state index contributed by atoms with van der Waals surface area (Å²) in [5.74, 6) is -3.29. The van der Waals surface area contributed by atoms with Crippen LogP contribution in [0.1, 0.15) is 70.8 Å². The SMILES string of the molecule is CC(=O)OC12CC3CC(C1)CC(Oc1cc(F)c(S(=O)(=O)[O-])c(F)c1C(C)C)(C3)C2. The summed E-state index contributed by atoms with van der Waals surface area (Å²) in [6.07, 6.45) is 4.28. The van der Waals surface area contributed by atoms with E-state index in [2.05, 4.69) is 0 Å². The van der Waals surface area contributed by atoms with E-state index in [0.29, 0.717) is 19.3 Å². The molecule has 2 atom stereocenters. The minimum Gasteiger partial charge on any atom is -0.744 e. The maximum atomic E-state index is 15.0. The van der Waals surface area contributed by atoms with Gasteiger partial charge in [0.15, 0.2) is 5.82 Å². The van der Waals surface area contributed by atoms with Crippen LogP contribution in [0.25, 0.3) is 0 Å². The molecule has 4 aliphatic carbocycles. The number of benzene rings is 1. The number of hydrogen-bond donors (Lipinski definition) is 0. The Morgan fingerprint density at radius 1 is 1.17 bits per heavy atom. The van der Waals surface area contributed by atoms with Crippen LogP contribution in [0.5, 0.6) is 5.75 Å². The molecule has 0 aliphatic heterocycles. The number of esters is 1. The molecular formula is C21H25F2O6S-. The molecule has 1 aromatic carbocycles. The predicted molar refractivity (Wildman–Crippen MR) is 101 cm³/mol. The summed E-state index contributed by atoms with van der Waals surface area (Å²) in [5, 5.41) is 0. The smallest absolute Gasteiger partial charge is 0.303 e. The van der Waals surface area contributed by atoms with Crippen molar-refractivity contribution in [2.75, 3.05) is 0 Å². The number of carbonyl (C=O) groups is 1. The lowest BCUT2D eigenvalue weighted by Gasteiger charge is -2.60. The Labute approximate surface area is 174 Å². The molecule has 6 nitrogen and oxygen atoms in total. The zero-order valence-corrected chi connectivity index (χ0v) is 18.0. The normalized spacial score (nSPS) is 32.5. The number of ether oxygens (including phenoxy) is 2. The Morgan fingerprint density at radius 2 is 1.73 bits per heavy atom. The molecule has 0 radical (unpaired) electrons. The molecule has 0 N–H and O–H groups in total. The lowest BCUT2D eigenvalue weighted by atomic mass is 9.52. The Morgan fingerprint density at radius 3 is 2.23 bits per heavy atom. The van der Waals surface area contributed by atoms with E-state index in [4.69, 9.17) is 9.47 Å². The van der Waals surface area contributed by atoms with E-state index < -0.39 is 43.8 Å². The van der Waals surface area contributed by atoms with Crippen molar-refractivity contribution in [1.82, 2.24) is 0 Å². The van der Waals surface area contributed by atoms with Crippen LogP contribution in [-0.2, 0) is 19.6 Å². The van der Waals surface area contributed by atoms with Crippen LogP contribution < -0.4 is 4.74 Å². The maximum absolute atomic E-state index is 15.0. The van der Waals surface area contributed by atoms with Crippen molar-refractivity contribution in [1.29, 1.82) is 0 Å². The highest BCUT2D eigenvalue weighted by atomic mass is 32.2. The average Bonchev–Trinajstić information content (AvgIpc) is 2.48. The second-order valence-corrected chi connectivity index (χ2v) is 10.9. The van der Waals surface area contributed by atoms with Crippen LogP contribution in [0, 0.1) is 23.5 Å². The van der Waals surface area contributed by atoms with Gasteiger partial charge in [-0.2, -0.15) is 0 Å². The van der Waals surface area contributed by atoms with E-state index >= 15 is 0 Å². The van der Waals surface area contributed by atoms with E-state index in [1.165, 1.54) is 6.92 Å². The largest absolute Gasteiger partial charge is 0.744 e. The van der Waals surface area contributed by atoms with Crippen molar-refractivity contribution >= 4 is 16.1 Å². The molecule has 4 bridgehead atoms. The van der Waals surface area contributed by atoms with Gasteiger partial charge in [-0.1, -0.05) is 13.8 Å². The number of hydrogen-bond acceptors (Lipinski definition) is 6. The highest BCUT2D eigenvalue weighted by Crippen LogP contribution is 2.60. The predicted octanol–water partition coefficient (Wildman–Crippen LogP) is 4.03. The Hall–Kier alpha value is -1.74. The fourth-order valence-electron chi connectivity index (χ4n) is 6.32. The number of carbonyl (C=O) groups excluding carboxylic acids is 1. The lowest BCUT2D eigenvalue weighted by molar-refractivity contribution is -0.212. The number of halogens is 2. The summed E-state index contributed by atoms with van der Waals surface area (Å²) in [6, 6.07) is 0.806. The lowest BCUT2D eigenvalue weighted by Crippen LogP contribution is -2.62. The van der Waals surface area contributed by atoms with Crippen molar-refractivity contribution in [2.45, 2.75) is 81.3 Å². The van der Waals surface area contributed by atoms with E-state index in [1.54, 1.807) is 13.8 Å². The van der Waals surface area contributed by atoms with Gasteiger partial charge in [-0.3, -0.25) is 4.79 Å². The second kappa shape index (κ2) is 6.88. The van der Waals surface area contributed by atoms with Crippen molar-refractivity contribution in [3.05, 3.63) is 23.3 Å². The van der Waals surface area contributed by atoms with Crippen molar-refractivity contribution < 1.29 is 36.0 Å². The third kappa shape index (κ3) is 3.60. The van der Waals surface area contributed by atoms with E-state index in [-0.39, 0.29) is 29.1 Å². The van der Waals surface area contributed by atoms with Gasteiger partial charge < -0.3 is 14.0 Å². The Bertz CT molecular complexity index is 989. The molecule has 4 saturated carbocycles. The molecule has 2 unspecified atom stereocenters. The monoisotopic (exact) mass is 443 g/mol. The van der Waals surface area contributed by atoms with Crippen LogP contribution >= 0.6 is 0 Å². The van der Waals surface area contributed by atoms with Gasteiger partial charge in [0.25, 0.3) is 0 Å². The van der Waals surface area contributed by atoms with Crippen molar-refractivity contribution in [2.24, 2.45) is 11.8 Å². The molecule has 0 saturated heterocycles. The number of rotatable bonds is 5. The van der Waals surface area contributed by atoms with Gasteiger partial charge in [0.2, 0.25) is 0 Å². The van der Waals surface area contributed by atoms with Gasteiger partial charge >= 0.3 is 5.97 Å². The summed E-state index contributed by atoms with van der Waals surface area (Å²) in [6.45, 7) is 4.60. The quantitative estimate of drug-likeness (QED) is 0.504. The molecule has 4 fully saturated rings. The average molecular weight is 443 g/mol. The summed E-state index contributed by atoms with van der Waals surface area (Å²) >= 11 is 0. The molecule has 4 aliphatic rings. The van der Waals surface area contributed by atoms with Crippen molar-refractivity contribution in [3.63, 3.8) is 0 Å². The molecular weight excluding hydrogens is 418 g/mol. The molecule has 166 valence electrons. The fraction of sp³-hybridized carbons (Fsp3) is 0.667. The molecule has 1 aromatic rings. The van der Waals surface area contributed by atoms with Crippen LogP contribution in [0.15, 0.2) is 11.0 Å². The third-order valence-corrected chi connectivity index (χ3v) is 7.52. The molecule has 0 aromatic heterocycles. The minimum absolute atomic E-state index is 0.0904. The summed E-state index contributed by atoms with van der Waals surface area (Å²) in [7, 11) is -5.33. The molecule has 5 rings (SSSR count). The Kier molecular flexibility index (Phi) is 4.93. The second-order valence-electron chi connectivity index (χ2n) is 9.54. The first-order valence-corrected chi connectivity index (χ1v) is 11.6. The van der Waals surface area contributed by atoms with E-state index in [1.807, 2.05) is 0 Å². The van der Waals surface area contributed by atoms with Gasteiger partial charge in [0, 0.05) is 25.0 Å². The molecule has 30 heavy (non-hydrogen) atoms.